The molecule has 36 heavy (non-hydrogen) atoms. The maximum Gasteiger partial charge on any atom is 0.243 e. The van der Waals surface area contributed by atoms with E-state index in [1.165, 1.54) is 0 Å². The molecule has 2 heterocycles. The summed E-state index contributed by atoms with van der Waals surface area (Å²) in [7, 11) is 0. The predicted molar refractivity (Wildman–Crippen MR) is 141 cm³/mol. The van der Waals surface area contributed by atoms with Gasteiger partial charge in [0.05, 0.1) is 0 Å². The molecule has 0 saturated heterocycles. The number of nitrogens with two attached hydrogens (primary N) is 1. The van der Waals surface area contributed by atoms with Gasteiger partial charge in [-0.2, -0.15) is 0 Å². The minimum Gasteiger partial charge on any atom is -0.368 e. The van der Waals surface area contributed by atoms with E-state index in [0.717, 1.165) is 39.4 Å². The number of carbonyl (C=O) groups is 3. The summed E-state index contributed by atoms with van der Waals surface area (Å²) in [6, 6.07) is 13.8. The van der Waals surface area contributed by atoms with Gasteiger partial charge >= 0.3 is 0 Å². The Labute approximate surface area is 210 Å². The highest BCUT2D eigenvalue weighted by atomic mass is 16.2. The van der Waals surface area contributed by atoms with Gasteiger partial charge in [0.15, 0.2) is 0 Å². The zero-order valence-electron chi connectivity index (χ0n) is 20.6. The maximum absolute atomic E-state index is 13.4. The van der Waals surface area contributed by atoms with Crippen molar-refractivity contribution < 1.29 is 14.4 Å². The number of fused-ring (bicyclic) bond motifs is 2. The summed E-state index contributed by atoms with van der Waals surface area (Å²) in [5.41, 5.74) is 9.36. The van der Waals surface area contributed by atoms with Crippen LogP contribution in [0.15, 0.2) is 60.9 Å². The molecule has 188 valence electrons. The second kappa shape index (κ2) is 11.1. The number of aromatic nitrogens is 2. The van der Waals surface area contributed by atoms with Gasteiger partial charge in [0.25, 0.3) is 0 Å². The van der Waals surface area contributed by atoms with Gasteiger partial charge in [-0.3, -0.25) is 14.4 Å². The highest BCUT2D eigenvalue weighted by Crippen LogP contribution is 2.21. The Morgan fingerprint density at radius 3 is 1.86 bits per heavy atom. The van der Waals surface area contributed by atoms with E-state index in [1.54, 1.807) is 0 Å². The number of hydrogen-bond donors (Lipinski definition) is 5. The molecule has 0 aliphatic carbocycles. The first-order valence-electron chi connectivity index (χ1n) is 12.3. The quantitative estimate of drug-likeness (QED) is 0.222. The van der Waals surface area contributed by atoms with Gasteiger partial charge in [-0.15, -0.1) is 0 Å². The largest absolute Gasteiger partial charge is 0.368 e. The fourth-order valence-electron chi connectivity index (χ4n) is 4.43. The second-order valence-electron chi connectivity index (χ2n) is 9.64. The van der Waals surface area contributed by atoms with Crippen LogP contribution in [-0.4, -0.2) is 39.8 Å². The molecule has 2 aromatic heterocycles. The van der Waals surface area contributed by atoms with E-state index >= 15 is 0 Å². The van der Waals surface area contributed by atoms with Crippen LogP contribution >= 0.6 is 0 Å². The first-order valence-corrected chi connectivity index (χ1v) is 12.3. The summed E-state index contributed by atoms with van der Waals surface area (Å²) in [5.74, 6) is -0.907. The summed E-state index contributed by atoms with van der Waals surface area (Å²) < 4.78 is 0. The molecule has 0 aliphatic heterocycles. The van der Waals surface area contributed by atoms with Crippen molar-refractivity contribution in [1.29, 1.82) is 0 Å². The normalized spacial score (nSPS) is 13.1. The monoisotopic (exact) mass is 487 g/mol. The molecule has 0 aliphatic rings. The summed E-state index contributed by atoms with van der Waals surface area (Å²) in [4.78, 5) is 44.8. The van der Waals surface area contributed by atoms with E-state index in [-0.39, 0.29) is 18.7 Å². The van der Waals surface area contributed by atoms with Gasteiger partial charge in [-0.05, 0) is 35.6 Å². The van der Waals surface area contributed by atoms with Crippen LogP contribution in [-0.2, 0) is 27.2 Å². The molecule has 2 aromatic carbocycles. The van der Waals surface area contributed by atoms with E-state index in [9.17, 15) is 14.4 Å². The van der Waals surface area contributed by atoms with Crippen LogP contribution in [0.5, 0.6) is 0 Å². The molecule has 4 aromatic rings. The number of amides is 3. The van der Waals surface area contributed by atoms with Gasteiger partial charge < -0.3 is 26.3 Å². The molecule has 8 heteroatoms. The lowest BCUT2D eigenvalue weighted by molar-refractivity contribution is -0.131. The molecular formula is C28H33N5O3. The Hall–Kier alpha value is -4.07. The van der Waals surface area contributed by atoms with Crippen LogP contribution in [0.4, 0.5) is 0 Å². The summed E-state index contributed by atoms with van der Waals surface area (Å²) in [5, 5.41) is 7.63. The topological polar surface area (TPSA) is 133 Å². The van der Waals surface area contributed by atoms with Crippen molar-refractivity contribution in [1.82, 2.24) is 20.6 Å². The molecule has 0 fully saturated rings. The average molecular weight is 488 g/mol. The minimum absolute atomic E-state index is 0.198. The molecule has 0 radical (unpaired) electrons. The second-order valence-corrected chi connectivity index (χ2v) is 9.64. The van der Waals surface area contributed by atoms with Crippen LogP contribution in [0.25, 0.3) is 21.8 Å². The van der Waals surface area contributed by atoms with Gasteiger partial charge in [0.2, 0.25) is 17.7 Å². The SMILES string of the molecule is CC(C)CCC(=O)N[C@@H](Cc1c[nH]c2ccccc12)C(=O)N[C@@H](Cc1c[nH]c2ccccc12)C(N)=O. The van der Waals surface area contributed by atoms with Crippen LogP contribution in [0.1, 0.15) is 37.8 Å². The number of benzene rings is 2. The van der Waals surface area contributed by atoms with Crippen molar-refractivity contribution in [2.24, 2.45) is 11.7 Å². The third-order valence-corrected chi connectivity index (χ3v) is 6.46. The molecule has 0 saturated carbocycles. The standard InChI is InChI=1S/C28H33N5O3/c1-17(2)11-12-26(34)32-25(14-19-16-31-23-10-6-4-8-21(19)23)28(36)33-24(27(29)35)13-18-15-30-22-9-5-3-7-20(18)22/h3-10,15-17,24-25,30-31H,11-14H2,1-2H3,(H2,29,35)(H,32,34)(H,33,36)/t24-,25-/m0/s1. The van der Waals surface area contributed by atoms with Crippen molar-refractivity contribution in [3.63, 3.8) is 0 Å². The molecule has 0 unspecified atom stereocenters. The number of hydrogen-bond acceptors (Lipinski definition) is 3. The number of rotatable bonds is 11. The summed E-state index contributed by atoms with van der Waals surface area (Å²) in [6.07, 6.45) is 5.24. The van der Waals surface area contributed by atoms with Gasteiger partial charge in [0, 0.05) is 53.5 Å². The molecule has 0 bridgehead atoms. The zero-order valence-corrected chi connectivity index (χ0v) is 20.6. The van der Waals surface area contributed by atoms with E-state index in [1.807, 2.05) is 74.8 Å². The zero-order chi connectivity index (χ0) is 25.7. The van der Waals surface area contributed by atoms with Crippen molar-refractivity contribution in [3.8, 4) is 0 Å². The summed E-state index contributed by atoms with van der Waals surface area (Å²) >= 11 is 0. The third-order valence-electron chi connectivity index (χ3n) is 6.46. The Balaban J connectivity index is 1.54. The Bertz CT molecular complexity index is 1370. The fourth-order valence-corrected chi connectivity index (χ4v) is 4.43. The molecular weight excluding hydrogens is 454 g/mol. The number of H-pyrrole nitrogens is 2. The first kappa shape index (κ1) is 25.0. The molecule has 4 rings (SSSR count). The lowest BCUT2D eigenvalue weighted by Crippen LogP contribution is -2.54. The number of para-hydroxylation sites is 2. The smallest absolute Gasteiger partial charge is 0.243 e. The fraction of sp³-hybridized carbons (Fsp3) is 0.321. The van der Waals surface area contributed by atoms with Gasteiger partial charge in [0.1, 0.15) is 12.1 Å². The highest BCUT2D eigenvalue weighted by Gasteiger charge is 2.27. The van der Waals surface area contributed by atoms with Crippen molar-refractivity contribution in [3.05, 3.63) is 72.1 Å². The van der Waals surface area contributed by atoms with Crippen LogP contribution in [0.3, 0.4) is 0 Å². The molecule has 6 N–H and O–H groups in total. The maximum atomic E-state index is 13.4. The van der Waals surface area contributed by atoms with Crippen molar-refractivity contribution in [2.75, 3.05) is 0 Å². The Kier molecular flexibility index (Phi) is 7.73. The number of nitrogens with one attached hydrogen (secondary N) is 4. The first-order chi connectivity index (χ1) is 17.3. The lowest BCUT2D eigenvalue weighted by atomic mass is 10.0. The van der Waals surface area contributed by atoms with Crippen LogP contribution in [0, 0.1) is 5.92 Å². The third kappa shape index (κ3) is 5.94. The van der Waals surface area contributed by atoms with E-state index in [0.29, 0.717) is 12.3 Å². The van der Waals surface area contributed by atoms with E-state index in [2.05, 4.69) is 20.6 Å². The predicted octanol–water partition coefficient (Wildman–Crippen LogP) is 3.33. The van der Waals surface area contributed by atoms with E-state index < -0.39 is 23.9 Å². The molecule has 3 amide bonds. The van der Waals surface area contributed by atoms with Crippen LogP contribution < -0.4 is 16.4 Å². The lowest BCUT2D eigenvalue weighted by Gasteiger charge is -2.22. The number of carbonyl (C=O) groups excluding carboxylic acids is 3. The van der Waals surface area contributed by atoms with Crippen molar-refractivity contribution in [2.45, 2.75) is 51.6 Å². The highest BCUT2D eigenvalue weighted by molar-refractivity contribution is 5.93. The number of aromatic amines is 2. The molecule has 2 atom stereocenters. The van der Waals surface area contributed by atoms with Gasteiger partial charge in [-0.1, -0.05) is 50.2 Å². The van der Waals surface area contributed by atoms with Gasteiger partial charge in [-0.25, -0.2) is 0 Å². The molecule has 8 nitrogen and oxygen atoms in total. The van der Waals surface area contributed by atoms with Crippen molar-refractivity contribution >= 4 is 39.5 Å². The number of primary amides is 1. The average Bonchev–Trinajstić information content (AvgIpc) is 3.46. The summed E-state index contributed by atoms with van der Waals surface area (Å²) in [6.45, 7) is 4.09. The Morgan fingerprint density at radius 1 is 0.806 bits per heavy atom. The minimum atomic E-state index is -0.922. The molecule has 0 spiro atoms. The van der Waals surface area contributed by atoms with Crippen LogP contribution in [0.2, 0.25) is 0 Å². The Morgan fingerprint density at radius 2 is 1.33 bits per heavy atom. The van der Waals surface area contributed by atoms with E-state index in [4.69, 9.17) is 5.73 Å².